The molecule has 6 nitrogen and oxygen atoms in total. The Kier molecular flexibility index (Phi) is 4.86. The standard InChI is InChI=1S/C20H17N5OS/c1-13-17-19(27-18(13)16-6-2-4-14(8-16)11-26)20(23-12-22-17)25-24-10-15-5-3-7-21-9-15/h2-10,12,26H,11H2,1H3,(H,22,23,25). The maximum Gasteiger partial charge on any atom is 0.167 e. The first kappa shape index (κ1) is 17.3. The van der Waals surface area contributed by atoms with E-state index in [2.05, 4.69) is 32.4 Å². The van der Waals surface area contributed by atoms with Gasteiger partial charge in [0.1, 0.15) is 6.33 Å². The van der Waals surface area contributed by atoms with Crippen LogP contribution < -0.4 is 5.43 Å². The van der Waals surface area contributed by atoms with Crippen molar-refractivity contribution >= 4 is 33.6 Å². The lowest BCUT2D eigenvalue weighted by Gasteiger charge is -2.02. The summed E-state index contributed by atoms with van der Waals surface area (Å²) in [4.78, 5) is 14.0. The number of benzene rings is 1. The van der Waals surface area contributed by atoms with Gasteiger partial charge >= 0.3 is 0 Å². The SMILES string of the molecule is Cc1c(-c2cccc(CO)c2)sc2c(NN=Cc3cccnc3)ncnc12. The zero-order valence-corrected chi connectivity index (χ0v) is 15.4. The topological polar surface area (TPSA) is 83.3 Å². The molecule has 2 N–H and O–H groups in total. The highest BCUT2D eigenvalue weighted by molar-refractivity contribution is 7.23. The minimum absolute atomic E-state index is 0.0213. The molecule has 0 atom stereocenters. The van der Waals surface area contributed by atoms with E-state index in [1.165, 1.54) is 6.33 Å². The van der Waals surface area contributed by atoms with Crippen LogP contribution in [0.25, 0.3) is 20.7 Å². The molecule has 0 aliphatic heterocycles. The zero-order chi connectivity index (χ0) is 18.6. The number of nitrogens with zero attached hydrogens (tertiary/aromatic N) is 4. The lowest BCUT2D eigenvalue weighted by atomic mass is 10.1. The molecule has 3 heterocycles. The van der Waals surface area contributed by atoms with Gasteiger partial charge < -0.3 is 5.11 Å². The smallest absolute Gasteiger partial charge is 0.167 e. The molecule has 1 aromatic carbocycles. The van der Waals surface area contributed by atoms with Crippen LogP contribution >= 0.6 is 11.3 Å². The number of nitrogens with one attached hydrogen (secondary N) is 1. The van der Waals surface area contributed by atoms with Gasteiger partial charge in [-0.25, -0.2) is 9.97 Å². The maximum absolute atomic E-state index is 9.40. The van der Waals surface area contributed by atoms with Crippen LogP contribution in [0.4, 0.5) is 5.82 Å². The number of anilines is 1. The Morgan fingerprint density at radius 3 is 2.96 bits per heavy atom. The minimum Gasteiger partial charge on any atom is -0.392 e. The molecule has 3 aromatic heterocycles. The van der Waals surface area contributed by atoms with Gasteiger partial charge in [0.05, 0.1) is 23.0 Å². The van der Waals surface area contributed by atoms with E-state index < -0.39 is 0 Å². The molecule has 0 unspecified atom stereocenters. The van der Waals surface area contributed by atoms with Crippen molar-refractivity contribution in [2.75, 3.05) is 5.43 Å². The Bertz CT molecular complexity index is 1110. The van der Waals surface area contributed by atoms with E-state index in [1.807, 2.05) is 36.4 Å². The van der Waals surface area contributed by atoms with Gasteiger partial charge in [0.25, 0.3) is 0 Å². The molecule has 4 aromatic rings. The van der Waals surface area contributed by atoms with E-state index in [0.717, 1.165) is 37.3 Å². The number of aliphatic hydroxyl groups is 1. The minimum atomic E-state index is 0.0213. The second-order valence-electron chi connectivity index (χ2n) is 5.97. The Labute approximate surface area is 160 Å². The van der Waals surface area contributed by atoms with Crippen molar-refractivity contribution in [2.24, 2.45) is 5.10 Å². The summed E-state index contributed by atoms with van der Waals surface area (Å²) in [5.41, 5.74) is 7.85. The number of fused-ring (bicyclic) bond motifs is 1. The summed E-state index contributed by atoms with van der Waals surface area (Å²) in [6.45, 7) is 2.07. The van der Waals surface area contributed by atoms with Crippen LogP contribution in [0.3, 0.4) is 0 Å². The van der Waals surface area contributed by atoms with Crippen molar-refractivity contribution in [3.05, 3.63) is 71.8 Å². The quantitative estimate of drug-likeness (QED) is 0.407. The molecule has 0 aliphatic carbocycles. The third-order valence-electron chi connectivity index (χ3n) is 4.14. The predicted molar refractivity (Wildman–Crippen MR) is 109 cm³/mol. The summed E-state index contributed by atoms with van der Waals surface area (Å²) in [6, 6.07) is 11.7. The van der Waals surface area contributed by atoms with E-state index in [1.54, 1.807) is 29.9 Å². The van der Waals surface area contributed by atoms with Gasteiger partial charge in [-0.3, -0.25) is 10.4 Å². The number of thiophene rings is 1. The molecule has 0 bridgehead atoms. The van der Waals surface area contributed by atoms with Crippen LogP contribution in [0.2, 0.25) is 0 Å². The van der Waals surface area contributed by atoms with Gasteiger partial charge in [-0.05, 0) is 35.7 Å². The molecule has 0 saturated heterocycles. The average molecular weight is 375 g/mol. The predicted octanol–water partition coefficient (Wildman–Crippen LogP) is 4.00. The summed E-state index contributed by atoms with van der Waals surface area (Å²) in [5, 5.41) is 13.7. The number of aromatic nitrogens is 3. The van der Waals surface area contributed by atoms with Crippen LogP contribution in [0.5, 0.6) is 0 Å². The van der Waals surface area contributed by atoms with Crippen molar-refractivity contribution < 1.29 is 5.11 Å². The molecule has 0 amide bonds. The molecular weight excluding hydrogens is 358 g/mol. The number of hydrazone groups is 1. The monoisotopic (exact) mass is 375 g/mol. The van der Waals surface area contributed by atoms with Gasteiger partial charge in [0.15, 0.2) is 5.82 Å². The summed E-state index contributed by atoms with van der Waals surface area (Å²) in [6.07, 6.45) is 6.70. The Morgan fingerprint density at radius 2 is 2.15 bits per heavy atom. The van der Waals surface area contributed by atoms with E-state index in [4.69, 9.17) is 0 Å². The second kappa shape index (κ2) is 7.61. The third-order valence-corrected chi connectivity index (χ3v) is 5.48. The molecule has 134 valence electrons. The summed E-state index contributed by atoms with van der Waals surface area (Å²) in [5.74, 6) is 0.665. The molecule has 27 heavy (non-hydrogen) atoms. The first-order valence-electron chi connectivity index (χ1n) is 8.39. The summed E-state index contributed by atoms with van der Waals surface area (Å²) < 4.78 is 0.947. The first-order chi connectivity index (χ1) is 13.3. The number of hydrogen-bond donors (Lipinski definition) is 2. The fourth-order valence-electron chi connectivity index (χ4n) is 2.81. The van der Waals surface area contributed by atoms with Crippen molar-refractivity contribution in [3.63, 3.8) is 0 Å². The number of aryl methyl sites for hydroxylation is 1. The van der Waals surface area contributed by atoms with Gasteiger partial charge in [-0.1, -0.05) is 24.3 Å². The Balaban J connectivity index is 1.70. The molecule has 0 spiro atoms. The van der Waals surface area contributed by atoms with E-state index in [-0.39, 0.29) is 6.61 Å². The highest BCUT2D eigenvalue weighted by Crippen LogP contribution is 2.39. The normalized spacial score (nSPS) is 11.3. The number of hydrogen-bond acceptors (Lipinski definition) is 7. The van der Waals surface area contributed by atoms with Gasteiger partial charge in [-0.2, -0.15) is 5.10 Å². The van der Waals surface area contributed by atoms with Crippen LogP contribution in [0.15, 0.2) is 60.2 Å². The van der Waals surface area contributed by atoms with Gasteiger partial charge in [-0.15, -0.1) is 11.3 Å². The lowest BCUT2D eigenvalue weighted by Crippen LogP contribution is -1.94. The maximum atomic E-state index is 9.40. The van der Waals surface area contributed by atoms with Crippen molar-refractivity contribution in [1.29, 1.82) is 0 Å². The fourth-order valence-corrected chi connectivity index (χ4v) is 4.01. The number of pyridine rings is 1. The van der Waals surface area contributed by atoms with Crippen LogP contribution in [-0.2, 0) is 6.61 Å². The third kappa shape index (κ3) is 3.55. The number of rotatable bonds is 5. The zero-order valence-electron chi connectivity index (χ0n) is 14.6. The molecule has 4 rings (SSSR count). The first-order valence-corrected chi connectivity index (χ1v) is 9.21. The second-order valence-corrected chi connectivity index (χ2v) is 6.99. The molecule has 0 fully saturated rings. The van der Waals surface area contributed by atoms with E-state index in [0.29, 0.717) is 5.82 Å². The Hall–Kier alpha value is -3.16. The van der Waals surface area contributed by atoms with Crippen molar-refractivity contribution in [2.45, 2.75) is 13.5 Å². The highest BCUT2D eigenvalue weighted by Gasteiger charge is 2.15. The van der Waals surface area contributed by atoms with Crippen molar-refractivity contribution in [3.8, 4) is 10.4 Å². The molecule has 0 saturated carbocycles. The van der Waals surface area contributed by atoms with E-state index >= 15 is 0 Å². The summed E-state index contributed by atoms with van der Waals surface area (Å²) in [7, 11) is 0. The van der Waals surface area contributed by atoms with Crippen LogP contribution in [0, 0.1) is 6.92 Å². The molecular formula is C20H17N5OS. The van der Waals surface area contributed by atoms with E-state index in [9.17, 15) is 5.11 Å². The van der Waals surface area contributed by atoms with Crippen molar-refractivity contribution in [1.82, 2.24) is 15.0 Å². The molecule has 0 radical (unpaired) electrons. The van der Waals surface area contributed by atoms with Gasteiger partial charge in [0, 0.05) is 22.8 Å². The van der Waals surface area contributed by atoms with Gasteiger partial charge in [0.2, 0.25) is 0 Å². The average Bonchev–Trinajstić information content (AvgIpc) is 3.06. The fraction of sp³-hybridized carbons (Fsp3) is 0.100. The van der Waals surface area contributed by atoms with Crippen LogP contribution in [-0.4, -0.2) is 26.3 Å². The van der Waals surface area contributed by atoms with Crippen LogP contribution in [0.1, 0.15) is 16.7 Å². The largest absolute Gasteiger partial charge is 0.392 e. The Morgan fingerprint density at radius 1 is 1.22 bits per heavy atom. The summed E-state index contributed by atoms with van der Waals surface area (Å²) >= 11 is 1.61. The highest BCUT2D eigenvalue weighted by atomic mass is 32.1. The molecule has 7 heteroatoms. The molecule has 0 aliphatic rings. The number of aliphatic hydroxyl groups excluding tert-OH is 1. The lowest BCUT2D eigenvalue weighted by molar-refractivity contribution is 0.282.